The first kappa shape index (κ1) is 27.9. The van der Waals surface area contributed by atoms with Crippen LogP contribution in [0.2, 0.25) is 0 Å². The number of rotatable bonds is 6. The van der Waals surface area contributed by atoms with Crippen molar-refractivity contribution >= 4 is 17.6 Å². The molecule has 0 aromatic heterocycles. The molecule has 0 saturated carbocycles. The number of hydrogen-bond acceptors (Lipinski definition) is 4. The summed E-state index contributed by atoms with van der Waals surface area (Å²) in [6.07, 6.45) is 7.45. The van der Waals surface area contributed by atoms with Gasteiger partial charge < -0.3 is 14.4 Å². The third-order valence-corrected chi connectivity index (χ3v) is 6.23. The SMILES string of the molecule is CC.CCOC(=O)CCCCC1=CC2(CCN(C(=O)OC(C)(C)C)CC2)Cc2ccc(F)cc21. The molecule has 0 unspecified atom stereocenters. The molecule has 1 aromatic rings. The monoisotopic (exact) mass is 475 g/mol. The summed E-state index contributed by atoms with van der Waals surface area (Å²) in [5.41, 5.74) is 2.78. The van der Waals surface area contributed by atoms with Crippen LogP contribution in [0.15, 0.2) is 24.3 Å². The van der Waals surface area contributed by atoms with Crippen LogP contribution in [0.25, 0.3) is 5.57 Å². The van der Waals surface area contributed by atoms with Gasteiger partial charge in [-0.1, -0.05) is 26.0 Å². The molecule has 1 amide bonds. The van der Waals surface area contributed by atoms with Crippen LogP contribution in [-0.2, 0) is 20.7 Å². The fourth-order valence-electron chi connectivity index (χ4n) is 4.69. The zero-order chi connectivity index (χ0) is 25.4. The average Bonchev–Trinajstić information content (AvgIpc) is 2.78. The maximum atomic E-state index is 14.0. The molecule has 0 bridgehead atoms. The molecule has 3 rings (SSSR count). The summed E-state index contributed by atoms with van der Waals surface area (Å²) >= 11 is 0. The molecule has 1 aromatic carbocycles. The second-order valence-corrected chi connectivity index (χ2v) is 9.99. The Morgan fingerprint density at radius 2 is 1.79 bits per heavy atom. The standard InChI is InChI=1S/C26H36FNO4.C2H6/c1-5-31-23(29)9-7-6-8-19-17-26(18-20-10-11-21(27)16-22(19)20)12-14-28(15-13-26)24(30)32-25(2,3)4;1-2/h10-11,16-17H,5-9,12-15,18H2,1-4H3;1-2H3. The number of allylic oxidation sites excluding steroid dienone is 2. The molecule has 1 spiro atoms. The highest BCUT2D eigenvalue weighted by atomic mass is 19.1. The maximum absolute atomic E-state index is 14.0. The molecule has 0 N–H and O–H groups in total. The van der Waals surface area contributed by atoms with Crippen molar-refractivity contribution in [2.45, 2.75) is 92.1 Å². The van der Waals surface area contributed by atoms with Crippen LogP contribution in [-0.4, -0.2) is 42.3 Å². The van der Waals surface area contributed by atoms with Gasteiger partial charge in [-0.2, -0.15) is 0 Å². The minimum atomic E-state index is -0.503. The topological polar surface area (TPSA) is 55.8 Å². The number of hydrogen-bond donors (Lipinski definition) is 0. The van der Waals surface area contributed by atoms with E-state index in [1.54, 1.807) is 11.0 Å². The highest BCUT2D eigenvalue weighted by Crippen LogP contribution is 2.45. The lowest BCUT2D eigenvalue weighted by Crippen LogP contribution is -2.46. The highest BCUT2D eigenvalue weighted by Gasteiger charge is 2.38. The summed E-state index contributed by atoms with van der Waals surface area (Å²) in [6.45, 7) is 13.2. The van der Waals surface area contributed by atoms with Crippen LogP contribution in [0.3, 0.4) is 0 Å². The predicted octanol–water partition coefficient (Wildman–Crippen LogP) is 6.93. The Labute approximate surface area is 204 Å². The number of piperidine rings is 1. The van der Waals surface area contributed by atoms with Crippen molar-refractivity contribution in [3.63, 3.8) is 0 Å². The Kier molecular flexibility index (Phi) is 10.1. The lowest BCUT2D eigenvalue weighted by Gasteiger charge is -2.43. The Hall–Kier alpha value is -2.37. The van der Waals surface area contributed by atoms with E-state index >= 15 is 0 Å². The molecule has 0 radical (unpaired) electrons. The number of esters is 1. The average molecular weight is 476 g/mol. The number of halogens is 1. The van der Waals surface area contributed by atoms with Crippen molar-refractivity contribution < 1.29 is 23.5 Å². The smallest absolute Gasteiger partial charge is 0.410 e. The number of benzene rings is 1. The van der Waals surface area contributed by atoms with Gasteiger partial charge in [-0.05, 0) is 100 Å². The number of fused-ring (bicyclic) bond motifs is 1. The largest absolute Gasteiger partial charge is 0.466 e. The molecule has 5 nitrogen and oxygen atoms in total. The second-order valence-electron chi connectivity index (χ2n) is 9.99. The number of carbonyl (C=O) groups is 2. The highest BCUT2D eigenvalue weighted by molar-refractivity contribution is 5.72. The van der Waals surface area contributed by atoms with Crippen LogP contribution in [0.4, 0.5) is 9.18 Å². The molecule has 0 atom stereocenters. The van der Waals surface area contributed by atoms with Gasteiger partial charge in [0, 0.05) is 19.5 Å². The first-order valence-electron chi connectivity index (χ1n) is 12.7. The van der Waals surface area contributed by atoms with Crippen molar-refractivity contribution in [2.75, 3.05) is 19.7 Å². The van der Waals surface area contributed by atoms with Crippen molar-refractivity contribution in [1.82, 2.24) is 4.90 Å². The summed E-state index contributed by atoms with van der Waals surface area (Å²) < 4.78 is 24.6. The quantitative estimate of drug-likeness (QED) is 0.331. The van der Waals surface area contributed by atoms with Gasteiger partial charge >= 0.3 is 12.1 Å². The molecule has 34 heavy (non-hydrogen) atoms. The van der Waals surface area contributed by atoms with Crippen LogP contribution in [0.5, 0.6) is 0 Å². The van der Waals surface area contributed by atoms with Crippen molar-refractivity contribution in [3.05, 3.63) is 41.2 Å². The van der Waals surface area contributed by atoms with Gasteiger partial charge in [0.2, 0.25) is 0 Å². The fraction of sp³-hybridized carbons (Fsp3) is 0.643. The van der Waals surface area contributed by atoms with Gasteiger partial charge in [0.05, 0.1) is 6.61 Å². The van der Waals surface area contributed by atoms with Gasteiger partial charge in [0.25, 0.3) is 0 Å². The van der Waals surface area contributed by atoms with Gasteiger partial charge in [-0.25, -0.2) is 9.18 Å². The normalized spacial score (nSPS) is 16.7. The molecule has 1 saturated heterocycles. The van der Waals surface area contributed by atoms with E-state index in [0.29, 0.717) is 26.1 Å². The van der Waals surface area contributed by atoms with E-state index in [0.717, 1.165) is 49.7 Å². The summed E-state index contributed by atoms with van der Waals surface area (Å²) in [6, 6.07) is 5.07. The number of ether oxygens (including phenoxy) is 2. The molecule has 190 valence electrons. The van der Waals surface area contributed by atoms with Gasteiger partial charge in [-0.15, -0.1) is 0 Å². The number of nitrogens with zero attached hydrogens (tertiary/aromatic N) is 1. The molecule has 1 fully saturated rings. The van der Waals surface area contributed by atoms with Crippen LogP contribution < -0.4 is 0 Å². The molecular formula is C28H42FNO4. The minimum absolute atomic E-state index is 0.0280. The number of amides is 1. The summed E-state index contributed by atoms with van der Waals surface area (Å²) in [5.74, 6) is -0.389. The van der Waals surface area contributed by atoms with Crippen molar-refractivity contribution in [1.29, 1.82) is 0 Å². The summed E-state index contributed by atoms with van der Waals surface area (Å²) in [7, 11) is 0. The Balaban J connectivity index is 0.00000199. The maximum Gasteiger partial charge on any atom is 0.410 e. The van der Waals surface area contributed by atoms with Gasteiger partial charge in [-0.3, -0.25) is 4.79 Å². The third-order valence-electron chi connectivity index (χ3n) is 6.23. The van der Waals surface area contributed by atoms with E-state index in [1.807, 2.05) is 47.6 Å². The molecule has 6 heteroatoms. The molecule has 1 aliphatic heterocycles. The molecule has 2 aliphatic rings. The van der Waals surface area contributed by atoms with Crippen molar-refractivity contribution in [2.24, 2.45) is 5.41 Å². The van der Waals surface area contributed by atoms with E-state index < -0.39 is 5.60 Å². The summed E-state index contributed by atoms with van der Waals surface area (Å²) in [4.78, 5) is 25.9. The second kappa shape index (κ2) is 12.4. The van der Waals surface area contributed by atoms with Crippen LogP contribution in [0, 0.1) is 11.2 Å². The van der Waals surface area contributed by atoms with Crippen molar-refractivity contribution in [3.8, 4) is 0 Å². The molecule has 1 heterocycles. The van der Waals surface area contributed by atoms with E-state index in [4.69, 9.17) is 9.47 Å². The van der Waals surface area contributed by atoms with E-state index in [2.05, 4.69) is 6.08 Å². The Bertz CT molecular complexity index is 864. The Morgan fingerprint density at radius 3 is 2.41 bits per heavy atom. The minimum Gasteiger partial charge on any atom is -0.466 e. The third kappa shape index (κ3) is 7.85. The molecular weight excluding hydrogens is 433 g/mol. The Morgan fingerprint density at radius 1 is 1.12 bits per heavy atom. The van der Waals surface area contributed by atoms with E-state index in [1.165, 1.54) is 11.6 Å². The first-order chi connectivity index (χ1) is 16.1. The van der Waals surface area contributed by atoms with E-state index in [9.17, 15) is 14.0 Å². The summed E-state index contributed by atoms with van der Waals surface area (Å²) in [5, 5.41) is 0. The number of unbranched alkanes of at least 4 members (excludes halogenated alkanes) is 1. The van der Waals surface area contributed by atoms with Gasteiger partial charge in [0.15, 0.2) is 0 Å². The lowest BCUT2D eigenvalue weighted by molar-refractivity contribution is -0.143. The molecule has 1 aliphatic carbocycles. The zero-order valence-corrected chi connectivity index (χ0v) is 21.8. The van der Waals surface area contributed by atoms with Crippen LogP contribution in [0.1, 0.15) is 91.2 Å². The number of likely N-dealkylation sites (tertiary alicyclic amines) is 1. The van der Waals surface area contributed by atoms with E-state index in [-0.39, 0.29) is 23.3 Å². The first-order valence-corrected chi connectivity index (χ1v) is 12.7. The predicted molar refractivity (Wildman–Crippen MR) is 134 cm³/mol. The zero-order valence-electron chi connectivity index (χ0n) is 21.8. The van der Waals surface area contributed by atoms with Gasteiger partial charge in [0.1, 0.15) is 11.4 Å². The lowest BCUT2D eigenvalue weighted by atomic mass is 9.67. The van der Waals surface area contributed by atoms with Crippen LogP contribution >= 0.6 is 0 Å². The number of carbonyl (C=O) groups excluding carboxylic acids is 2. The fourth-order valence-corrected chi connectivity index (χ4v) is 4.69.